The third-order valence-electron chi connectivity index (χ3n) is 2.45. The molecule has 0 saturated carbocycles. The highest BCUT2D eigenvalue weighted by Gasteiger charge is 2.21. The molecule has 0 spiro atoms. The summed E-state index contributed by atoms with van der Waals surface area (Å²) < 4.78 is 15.9. The van der Waals surface area contributed by atoms with Crippen LogP contribution >= 0.6 is 15.9 Å². The van der Waals surface area contributed by atoms with Crippen LogP contribution in [0.25, 0.3) is 0 Å². The summed E-state index contributed by atoms with van der Waals surface area (Å²) in [5, 5.41) is 0. The van der Waals surface area contributed by atoms with E-state index in [1.165, 1.54) is 7.11 Å². The van der Waals surface area contributed by atoms with E-state index < -0.39 is 17.5 Å². The van der Waals surface area contributed by atoms with E-state index in [1.807, 2.05) is 6.92 Å². The van der Waals surface area contributed by atoms with Gasteiger partial charge in [0.15, 0.2) is 6.61 Å². The molecule has 0 bridgehead atoms. The lowest BCUT2D eigenvalue weighted by molar-refractivity contribution is -0.157. The van der Waals surface area contributed by atoms with Gasteiger partial charge < -0.3 is 14.2 Å². The minimum absolute atomic E-state index is 0.251. The maximum absolute atomic E-state index is 11.8. The van der Waals surface area contributed by atoms with Crippen LogP contribution in [0.3, 0.4) is 0 Å². The third kappa shape index (κ3) is 5.04. The zero-order chi connectivity index (χ0) is 16.2. The molecular weight excluding hydrogens is 340 g/mol. The van der Waals surface area contributed by atoms with Crippen LogP contribution in [-0.4, -0.2) is 31.3 Å². The van der Waals surface area contributed by atoms with Crippen molar-refractivity contribution >= 4 is 27.9 Å². The Morgan fingerprint density at radius 1 is 1.24 bits per heavy atom. The molecular formula is C15H19BrO5. The quantitative estimate of drug-likeness (QED) is 0.773. The Morgan fingerprint density at radius 3 is 2.38 bits per heavy atom. The Kier molecular flexibility index (Phi) is 5.78. The zero-order valence-electron chi connectivity index (χ0n) is 12.8. The normalized spacial score (nSPS) is 11.0. The van der Waals surface area contributed by atoms with Gasteiger partial charge in [0.1, 0.15) is 16.9 Å². The molecule has 0 N–H and O–H groups in total. The number of rotatable bonds is 4. The SMILES string of the molecule is COC(=O)c1c(OCC(=O)OC(C)(C)C)ccc(C)c1Br. The second-order valence-electron chi connectivity index (χ2n) is 5.44. The molecule has 6 heteroatoms. The largest absolute Gasteiger partial charge is 0.481 e. The zero-order valence-corrected chi connectivity index (χ0v) is 14.4. The molecule has 1 aromatic carbocycles. The Bertz CT molecular complexity index is 546. The van der Waals surface area contributed by atoms with Crippen LogP contribution in [0.2, 0.25) is 0 Å². The second kappa shape index (κ2) is 6.93. The maximum Gasteiger partial charge on any atom is 0.344 e. The van der Waals surface area contributed by atoms with Gasteiger partial charge in [0, 0.05) is 4.47 Å². The molecule has 1 rings (SSSR count). The fourth-order valence-corrected chi connectivity index (χ4v) is 2.07. The van der Waals surface area contributed by atoms with Gasteiger partial charge in [-0.1, -0.05) is 6.07 Å². The first-order chi connectivity index (χ1) is 9.65. The van der Waals surface area contributed by atoms with Gasteiger partial charge in [-0.3, -0.25) is 0 Å². The van der Waals surface area contributed by atoms with Gasteiger partial charge in [-0.25, -0.2) is 9.59 Å². The first kappa shape index (κ1) is 17.5. The van der Waals surface area contributed by atoms with E-state index in [0.717, 1.165) is 5.56 Å². The van der Waals surface area contributed by atoms with E-state index in [9.17, 15) is 9.59 Å². The van der Waals surface area contributed by atoms with Crippen molar-refractivity contribution in [3.63, 3.8) is 0 Å². The fraction of sp³-hybridized carbons (Fsp3) is 0.467. The Balaban J connectivity index is 2.92. The highest BCUT2D eigenvalue weighted by Crippen LogP contribution is 2.30. The van der Waals surface area contributed by atoms with Crippen LogP contribution < -0.4 is 4.74 Å². The second-order valence-corrected chi connectivity index (χ2v) is 6.23. The minimum Gasteiger partial charge on any atom is -0.481 e. The Morgan fingerprint density at radius 2 is 1.86 bits per heavy atom. The van der Waals surface area contributed by atoms with E-state index in [-0.39, 0.29) is 17.9 Å². The predicted octanol–water partition coefficient (Wildman–Crippen LogP) is 3.26. The lowest BCUT2D eigenvalue weighted by Gasteiger charge is -2.20. The first-order valence-electron chi connectivity index (χ1n) is 6.37. The number of hydrogen-bond acceptors (Lipinski definition) is 5. The summed E-state index contributed by atoms with van der Waals surface area (Å²) in [7, 11) is 1.29. The lowest BCUT2D eigenvalue weighted by atomic mass is 10.1. The van der Waals surface area contributed by atoms with Crippen LogP contribution in [0.4, 0.5) is 0 Å². The van der Waals surface area contributed by atoms with Crippen LogP contribution in [0, 0.1) is 6.92 Å². The van der Waals surface area contributed by atoms with Crippen LogP contribution in [0.1, 0.15) is 36.7 Å². The van der Waals surface area contributed by atoms with Crippen molar-refractivity contribution in [2.75, 3.05) is 13.7 Å². The lowest BCUT2D eigenvalue weighted by Crippen LogP contribution is -2.27. The molecule has 0 fully saturated rings. The molecule has 0 aromatic heterocycles. The van der Waals surface area contributed by atoms with Gasteiger partial charge in [0.2, 0.25) is 0 Å². The van der Waals surface area contributed by atoms with E-state index in [2.05, 4.69) is 15.9 Å². The van der Waals surface area contributed by atoms with Gasteiger partial charge in [-0.05, 0) is 55.3 Å². The maximum atomic E-state index is 11.8. The molecule has 0 aliphatic rings. The number of ether oxygens (including phenoxy) is 3. The molecule has 0 radical (unpaired) electrons. The number of methoxy groups -OCH3 is 1. The summed E-state index contributed by atoms with van der Waals surface area (Å²) in [6, 6.07) is 3.40. The summed E-state index contributed by atoms with van der Waals surface area (Å²) in [5.74, 6) is -0.773. The molecule has 0 aliphatic heterocycles. The van der Waals surface area contributed by atoms with E-state index in [1.54, 1.807) is 32.9 Å². The van der Waals surface area contributed by atoms with Crippen molar-refractivity contribution < 1.29 is 23.8 Å². The highest BCUT2D eigenvalue weighted by molar-refractivity contribution is 9.10. The monoisotopic (exact) mass is 358 g/mol. The molecule has 0 unspecified atom stereocenters. The number of carbonyl (C=O) groups is 2. The van der Waals surface area contributed by atoms with Gasteiger partial charge >= 0.3 is 11.9 Å². The number of carbonyl (C=O) groups excluding carboxylic acids is 2. The topological polar surface area (TPSA) is 61.8 Å². The smallest absolute Gasteiger partial charge is 0.344 e. The summed E-state index contributed by atoms with van der Waals surface area (Å²) >= 11 is 3.33. The van der Waals surface area contributed by atoms with Crippen molar-refractivity contribution in [2.45, 2.75) is 33.3 Å². The minimum atomic E-state index is -0.584. The molecule has 0 amide bonds. The molecule has 1 aromatic rings. The number of hydrogen-bond donors (Lipinski definition) is 0. The standard InChI is InChI=1S/C15H19BrO5/c1-9-6-7-10(12(13(9)16)14(18)19-5)20-8-11(17)21-15(2,3)4/h6-7H,8H2,1-5H3. The van der Waals surface area contributed by atoms with Crippen molar-refractivity contribution in [3.8, 4) is 5.75 Å². The van der Waals surface area contributed by atoms with Crippen LogP contribution in [0.5, 0.6) is 5.75 Å². The van der Waals surface area contributed by atoms with Gasteiger partial charge in [0.05, 0.1) is 7.11 Å². The number of aryl methyl sites for hydroxylation is 1. The molecule has 0 aliphatic carbocycles. The molecule has 0 heterocycles. The van der Waals surface area contributed by atoms with Crippen LogP contribution in [0.15, 0.2) is 16.6 Å². The van der Waals surface area contributed by atoms with Crippen molar-refractivity contribution in [1.82, 2.24) is 0 Å². The number of benzene rings is 1. The van der Waals surface area contributed by atoms with Crippen molar-refractivity contribution in [3.05, 3.63) is 27.7 Å². The van der Waals surface area contributed by atoms with Crippen molar-refractivity contribution in [1.29, 1.82) is 0 Å². The number of halogens is 1. The Hall–Kier alpha value is -1.56. The van der Waals surface area contributed by atoms with Crippen molar-refractivity contribution in [2.24, 2.45) is 0 Å². The molecule has 0 atom stereocenters. The third-order valence-corrected chi connectivity index (χ3v) is 3.47. The Labute approximate surface area is 132 Å². The van der Waals surface area contributed by atoms with Gasteiger partial charge in [-0.15, -0.1) is 0 Å². The van der Waals surface area contributed by atoms with Gasteiger partial charge in [0.25, 0.3) is 0 Å². The van der Waals surface area contributed by atoms with Crippen LogP contribution in [-0.2, 0) is 14.3 Å². The highest BCUT2D eigenvalue weighted by atomic mass is 79.9. The molecule has 0 saturated heterocycles. The fourth-order valence-electron chi connectivity index (χ4n) is 1.58. The molecule has 5 nitrogen and oxygen atoms in total. The average Bonchev–Trinajstić information content (AvgIpc) is 2.37. The summed E-state index contributed by atoms with van der Waals surface area (Å²) in [4.78, 5) is 23.5. The predicted molar refractivity (Wildman–Crippen MR) is 81.6 cm³/mol. The first-order valence-corrected chi connectivity index (χ1v) is 7.17. The van der Waals surface area contributed by atoms with E-state index >= 15 is 0 Å². The summed E-state index contributed by atoms with van der Waals surface area (Å²) in [5.41, 5.74) is 0.528. The summed E-state index contributed by atoms with van der Waals surface area (Å²) in [6.07, 6.45) is 0. The molecule has 116 valence electrons. The number of esters is 2. The van der Waals surface area contributed by atoms with Gasteiger partial charge in [-0.2, -0.15) is 0 Å². The molecule has 21 heavy (non-hydrogen) atoms. The van der Waals surface area contributed by atoms with E-state index in [0.29, 0.717) is 4.47 Å². The average molecular weight is 359 g/mol. The van der Waals surface area contributed by atoms with E-state index in [4.69, 9.17) is 14.2 Å². The summed E-state index contributed by atoms with van der Waals surface area (Å²) in [6.45, 7) is 6.87.